The number of carbonyl (C=O) groups is 1. The van der Waals surface area contributed by atoms with Gasteiger partial charge in [-0.2, -0.15) is 0 Å². The Balaban J connectivity index is 2.13. The van der Waals surface area contributed by atoms with Crippen LogP contribution in [0, 0.1) is 0 Å². The molecule has 118 valence electrons. The highest BCUT2D eigenvalue weighted by Gasteiger charge is 2.17. The lowest BCUT2D eigenvalue weighted by atomic mass is 10.1. The molecule has 0 aliphatic heterocycles. The summed E-state index contributed by atoms with van der Waals surface area (Å²) in [6.45, 7) is 2.10. The maximum Gasteiger partial charge on any atom is 0.348 e. The molecule has 1 aromatic carbocycles. The summed E-state index contributed by atoms with van der Waals surface area (Å²) >= 11 is 1.25. The van der Waals surface area contributed by atoms with Gasteiger partial charge in [-0.25, -0.2) is 14.8 Å². The lowest BCUT2D eigenvalue weighted by molar-refractivity contribution is 0.0532. The molecule has 0 radical (unpaired) electrons. The molecule has 23 heavy (non-hydrogen) atoms. The molecule has 0 fully saturated rings. The third kappa shape index (κ3) is 2.95. The molecule has 0 amide bonds. The average Bonchev–Trinajstić information content (AvgIpc) is 2.98. The van der Waals surface area contributed by atoms with Gasteiger partial charge in [0.1, 0.15) is 15.5 Å². The SMILES string of the molecule is CCOC(=O)c1cc2c(-c3ccc(OC)cc3)nc(N)nc2s1. The molecule has 2 N–H and O–H groups in total. The van der Waals surface area contributed by atoms with E-state index >= 15 is 0 Å². The monoisotopic (exact) mass is 329 g/mol. The average molecular weight is 329 g/mol. The number of methoxy groups -OCH3 is 1. The normalized spacial score (nSPS) is 10.7. The van der Waals surface area contributed by atoms with Crippen molar-refractivity contribution in [3.05, 3.63) is 35.2 Å². The van der Waals surface area contributed by atoms with Crippen LogP contribution >= 0.6 is 11.3 Å². The van der Waals surface area contributed by atoms with Crippen LogP contribution in [-0.2, 0) is 4.74 Å². The molecule has 2 aromatic heterocycles. The molecule has 0 aliphatic rings. The Labute approximate surface area is 136 Å². The minimum Gasteiger partial charge on any atom is -0.497 e. The van der Waals surface area contributed by atoms with E-state index in [-0.39, 0.29) is 11.9 Å². The minimum atomic E-state index is -0.366. The standard InChI is InChI=1S/C16H15N3O3S/c1-3-22-15(20)12-8-11-13(18-16(17)19-14(11)23-12)9-4-6-10(21-2)7-5-9/h4-8H,3H2,1-2H3,(H2,17,18,19). The highest BCUT2D eigenvalue weighted by atomic mass is 32.1. The second-order valence-corrected chi connectivity index (χ2v) is 5.74. The van der Waals surface area contributed by atoms with Crippen LogP contribution in [0.2, 0.25) is 0 Å². The Morgan fingerprint density at radius 1 is 1.26 bits per heavy atom. The van der Waals surface area contributed by atoms with Crippen LogP contribution in [0.15, 0.2) is 30.3 Å². The van der Waals surface area contributed by atoms with Crippen molar-refractivity contribution in [1.29, 1.82) is 0 Å². The van der Waals surface area contributed by atoms with Crippen LogP contribution in [0.5, 0.6) is 5.75 Å². The van der Waals surface area contributed by atoms with Gasteiger partial charge in [0.15, 0.2) is 0 Å². The number of esters is 1. The number of hydrogen-bond acceptors (Lipinski definition) is 7. The Morgan fingerprint density at radius 3 is 2.65 bits per heavy atom. The van der Waals surface area contributed by atoms with Crippen LogP contribution in [0.25, 0.3) is 21.5 Å². The zero-order valence-electron chi connectivity index (χ0n) is 12.7. The van der Waals surface area contributed by atoms with Crippen LogP contribution in [-0.4, -0.2) is 29.7 Å². The summed E-state index contributed by atoms with van der Waals surface area (Å²) in [5.41, 5.74) is 7.36. The first-order valence-electron chi connectivity index (χ1n) is 7.01. The first kappa shape index (κ1) is 15.2. The summed E-state index contributed by atoms with van der Waals surface area (Å²) in [5, 5.41) is 0.775. The van der Waals surface area contributed by atoms with E-state index in [1.54, 1.807) is 20.1 Å². The number of thiophene rings is 1. The van der Waals surface area contributed by atoms with Gasteiger partial charge >= 0.3 is 5.97 Å². The second-order valence-electron chi connectivity index (χ2n) is 4.71. The van der Waals surface area contributed by atoms with Crippen molar-refractivity contribution in [2.45, 2.75) is 6.92 Å². The number of hydrogen-bond donors (Lipinski definition) is 1. The van der Waals surface area contributed by atoms with Gasteiger partial charge in [-0.05, 0) is 37.3 Å². The minimum absolute atomic E-state index is 0.167. The van der Waals surface area contributed by atoms with Crippen molar-refractivity contribution in [2.75, 3.05) is 19.5 Å². The molecule has 2 heterocycles. The van der Waals surface area contributed by atoms with Gasteiger partial charge < -0.3 is 15.2 Å². The zero-order valence-corrected chi connectivity index (χ0v) is 13.5. The predicted octanol–water partition coefficient (Wildman–Crippen LogP) is 3.13. The highest BCUT2D eigenvalue weighted by molar-refractivity contribution is 7.20. The maximum absolute atomic E-state index is 11.9. The smallest absolute Gasteiger partial charge is 0.348 e. The number of nitrogen functional groups attached to an aromatic ring is 1. The van der Waals surface area contributed by atoms with Crippen molar-refractivity contribution in [1.82, 2.24) is 9.97 Å². The molecule has 6 nitrogen and oxygen atoms in total. The van der Waals surface area contributed by atoms with Gasteiger partial charge in [0.05, 0.1) is 19.4 Å². The summed E-state index contributed by atoms with van der Waals surface area (Å²) in [4.78, 5) is 21.6. The molecule has 0 saturated heterocycles. The lowest BCUT2D eigenvalue weighted by Gasteiger charge is -2.05. The number of rotatable bonds is 4. The van der Waals surface area contributed by atoms with Gasteiger partial charge in [-0.3, -0.25) is 0 Å². The molecule has 0 aliphatic carbocycles. The Bertz CT molecular complexity index is 859. The van der Waals surface area contributed by atoms with Gasteiger partial charge in [-0.15, -0.1) is 11.3 Å². The Morgan fingerprint density at radius 2 is 2.00 bits per heavy atom. The molecule has 0 saturated carbocycles. The van der Waals surface area contributed by atoms with Crippen molar-refractivity contribution in [3.63, 3.8) is 0 Å². The number of carbonyl (C=O) groups excluding carboxylic acids is 1. The van der Waals surface area contributed by atoms with E-state index in [2.05, 4.69) is 9.97 Å². The first-order valence-corrected chi connectivity index (χ1v) is 7.82. The fraction of sp³-hybridized carbons (Fsp3) is 0.188. The molecule has 3 rings (SSSR count). The number of nitrogens with two attached hydrogens (primary N) is 1. The number of nitrogens with zero attached hydrogens (tertiary/aromatic N) is 2. The summed E-state index contributed by atoms with van der Waals surface area (Å²) in [5.74, 6) is 0.555. The van der Waals surface area contributed by atoms with Crippen LogP contribution in [0.1, 0.15) is 16.6 Å². The van der Waals surface area contributed by atoms with Gasteiger partial charge in [0.25, 0.3) is 0 Å². The van der Waals surface area contributed by atoms with E-state index in [1.165, 1.54) is 11.3 Å². The first-order chi connectivity index (χ1) is 11.1. The molecule has 0 unspecified atom stereocenters. The van der Waals surface area contributed by atoms with E-state index in [1.807, 2.05) is 24.3 Å². The summed E-state index contributed by atoms with van der Waals surface area (Å²) in [6.07, 6.45) is 0. The number of anilines is 1. The van der Waals surface area contributed by atoms with E-state index in [4.69, 9.17) is 15.2 Å². The number of fused-ring (bicyclic) bond motifs is 1. The van der Waals surface area contributed by atoms with E-state index < -0.39 is 0 Å². The van der Waals surface area contributed by atoms with Crippen LogP contribution in [0.3, 0.4) is 0 Å². The molecular weight excluding hydrogens is 314 g/mol. The fourth-order valence-electron chi connectivity index (χ4n) is 2.21. The predicted molar refractivity (Wildman–Crippen MR) is 89.8 cm³/mol. The summed E-state index contributed by atoms with van der Waals surface area (Å²) < 4.78 is 10.2. The molecule has 7 heteroatoms. The van der Waals surface area contributed by atoms with Crippen LogP contribution in [0.4, 0.5) is 5.95 Å². The van der Waals surface area contributed by atoms with Crippen molar-refractivity contribution >= 4 is 33.5 Å². The zero-order chi connectivity index (χ0) is 16.4. The topological polar surface area (TPSA) is 87.3 Å². The van der Waals surface area contributed by atoms with E-state index in [0.717, 1.165) is 16.7 Å². The second kappa shape index (κ2) is 6.21. The molecule has 3 aromatic rings. The molecule has 0 bridgehead atoms. The summed E-state index contributed by atoms with van der Waals surface area (Å²) in [7, 11) is 1.61. The largest absolute Gasteiger partial charge is 0.497 e. The van der Waals surface area contributed by atoms with E-state index in [9.17, 15) is 4.79 Å². The maximum atomic E-state index is 11.9. The molecule has 0 spiro atoms. The quantitative estimate of drug-likeness (QED) is 0.740. The van der Waals surface area contributed by atoms with Gasteiger partial charge in [0.2, 0.25) is 5.95 Å². The number of aromatic nitrogens is 2. The lowest BCUT2D eigenvalue weighted by Crippen LogP contribution is -2.01. The summed E-state index contributed by atoms with van der Waals surface area (Å²) in [6, 6.07) is 9.22. The number of benzene rings is 1. The molecular formula is C16H15N3O3S. The van der Waals surface area contributed by atoms with Crippen LogP contribution < -0.4 is 10.5 Å². The van der Waals surface area contributed by atoms with Crippen molar-refractivity contribution in [2.24, 2.45) is 0 Å². The van der Waals surface area contributed by atoms with Gasteiger partial charge in [-0.1, -0.05) is 0 Å². The van der Waals surface area contributed by atoms with Crippen molar-refractivity contribution < 1.29 is 14.3 Å². The molecule has 0 atom stereocenters. The highest BCUT2D eigenvalue weighted by Crippen LogP contribution is 2.33. The van der Waals surface area contributed by atoms with E-state index in [0.29, 0.717) is 22.0 Å². The third-order valence-corrected chi connectivity index (χ3v) is 4.26. The van der Waals surface area contributed by atoms with Crippen molar-refractivity contribution in [3.8, 4) is 17.0 Å². The Hall–Kier alpha value is -2.67. The Kier molecular flexibility index (Phi) is 4.12. The van der Waals surface area contributed by atoms with Gasteiger partial charge in [0, 0.05) is 10.9 Å². The third-order valence-electron chi connectivity index (χ3n) is 3.25. The number of ether oxygens (including phenoxy) is 2. The fourth-order valence-corrected chi connectivity index (χ4v) is 3.14.